The second-order valence-electron chi connectivity index (χ2n) is 9.66. The number of likely N-dealkylation sites (tertiary alicyclic amines) is 1. The Kier molecular flexibility index (Phi) is 8.03. The molecule has 0 radical (unpaired) electrons. The van der Waals surface area contributed by atoms with Gasteiger partial charge in [-0.2, -0.15) is 0 Å². The van der Waals surface area contributed by atoms with E-state index in [1.165, 1.54) is 5.56 Å². The number of carbonyl (C=O) groups excluding carboxylic acids is 2. The molecule has 1 saturated heterocycles. The smallest absolute Gasteiger partial charge is 0.317 e. The molecule has 0 saturated carbocycles. The summed E-state index contributed by atoms with van der Waals surface area (Å²) in [5.41, 5.74) is 3.74. The van der Waals surface area contributed by atoms with Crippen LogP contribution in [0.15, 0.2) is 60.7 Å². The second kappa shape index (κ2) is 11.4. The van der Waals surface area contributed by atoms with Crippen molar-refractivity contribution in [1.82, 2.24) is 15.5 Å². The third kappa shape index (κ3) is 6.20. The molecule has 6 nitrogen and oxygen atoms in total. The van der Waals surface area contributed by atoms with Gasteiger partial charge in [-0.15, -0.1) is 0 Å². The molecule has 184 valence electrons. The molecular formula is C29H36N4O2. The number of anilines is 1. The number of aryl methyl sites for hydroxylation is 1. The number of fused-ring (bicyclic) bond motifs is 1. The van der Waals surface area contributed by atoms with Crippen molar-refractivity contribution in [2.24, 2.45) is 0 Å². The van der Waals surface area contributed by atoms with Gasteiger partial charge in [0.15, 0.2) is 0 Å². The van der Waals surface area contributed by atoms with Gasteiger partial charge >= 0.3 is 6.03 Å². The normalized spacial score (nSPS) is 14.3. The highest BCUT2D eigenvalue weighted by molar-refractivity contribution is 6.10. The van der Waals surface area contributed by atoms with E-state index < -0.39 is 0 Å². The lowest BCUT2D eigenvalue weighted by atomic mass is 9.99. The monoisotopic (exact) mass is 472 g/mol. The van der Waals surface area contributed by atoms with E-state index in [0.29, 0.717) is 11.6 Å². The highest BCUT2D eigenvalue weighted by Gasteiger charge is 2.22. The number of hydrogen-bond donors (Lipinski definition) is 3. The molecule has 1 aliphatic rings. The molecule has 6 heteroatoms. The van der Waals surface area contributed by atoms with Crippen LogP contribution in [0.25, 0.3) is 10.8 Å². The summed E-state index contributed by atoms with van der Waals surface area (Å²) < 4.78 is 0. The maximum absolute atomic E-state index is 12.9. The second-order valence-corrected chi connectivity index (χ2v) is 9.66. The van der Waals surface area contributed by atoms with E-state index in [-0.39, 0.29) is 18.0 Å². The van der Waals surface area contributed by atoms with Crippen molar-refractivity contribution in [3.05, 3.63) is 77.4 Å². The van der Waals surface area contributed by atoms with Crippen LogP contribution < -0.4 is 16.0 Å². The standard InChI is InChI=1S/C29H36N4O2/c1-20(2)31-29(35)33-18-15-23(16-19-33)30-17-14-22-12-13-27(26-11-7-6-10-25(22)26)32-28(34)24-9-5-4-8-21(24)3/h4-13,20,23,30H,14-19H2,1-3H3,(H,31,35)(H,32,34). The fourth-order valence-electron chi connectivity index (χ4n) is 4.74. The molecule has 1 fully saturated rings. The summed E-state index contributed by atoms with van der Waals surface area (Å²) in [6.07, 6.45) is 2.84. The van der Waals surface area contributed by atoms with Crippen molar-refractivity contribution in [2.75, 3.05) is 25.0 Å². The summed E-state index contributed by atoms with van der Waals surface area (Å²) in [4.78, 5) is 27.0. The minimum absolute atomic E-state index is 0.0412. The zero-order valence-electron chi connectivity index (χ0n) is 20.9. The van der Waals surface area contributed by atoms with Crippen molar-refractivity contribution in [2.45, 2.75) is 52.1 Å². The molecule has 0 unspecified atom stereocenters. The molecule has 0 aromatic heterocycles. The van der Waals surface area contributed by atoms with Gasteiger partial charge in [-0.1, -0.05) is 48.5 Å². The van der Waals surface area contributed by atoms with Gasteiger partial charge in [0.05, 0.1) is 0 Å². The molecular weight excluding hydrogens is 436 g/mol. The molecule has 0 atom stereocenters. The molecule has 3 N–H and O–H groups in total. The highest BCUT2D eigenvalue weighted by Crippen LogP contribution is 2.28. The van der Waals surface area contributed by atoms with Crippen molar-refractivity contribution in [3.63, 3.8) is 0 Å². The Hall–Kier alpha value is -3.38. The molecule has 35 heavy (non-hydrogen) atoms. The quantitative estimate of drug-likeness (QED) is 0.447. The lowest BCUT2D eigenvalue weighted by Crippen LogP contribution is -2.49. The topological polar surface area (TPSA) is 73.5 Å². The number of carbonyl (C=O) groups is 2. The van der Waals surface area contributed by atoms with Gasteiger partial charge < -0.3 is 20.9 Å². The minimum Gasteiger partial charge on any atom is -0.336 e. The van der Waals surface area contributed by atoms with Crippen LogP contribution >= 0.6 is 0 Å². The van der Waals surface area contributed by atoms with Crippen LogP contribution in [0.3, 0.4) is 0 Å². The number of hydrogen-bond acceptors (Lipinski definition) is 3. The van der Waals surface area contributed by atoms with Crippen LogP contribution in [0.4, 0.5) is 10.5 Å². The maximum atomic E-state index is 12.9. The first-order valence-corrected chi connectivity index (χ1v) is 12.6. The number of rotatable bonds is 7. The Balaban J connectivity index is 1.36. The predicted molar refractivity (Wildman–Crippen MR) is 143 cm³/mol. The first kappa shape index (κ1) is 24.7. The van der Waals surface area contributed by atoms with Crippen molar-refractivity contribution >= 4 is 28.4 Å². The van der Waals surface area contributed by atoms with Gasteiger partial charge in [0.1, 0.15) is 0 Å². The van der Waals surface area contributed by atoms with E-state index >= 15 is 0 Å². The number of nitrogens with zero attached hydrogens (tertiary/aromatic N) is 1. The Bertz CT molecular complexity index is 1180. The number of amides is 3. The third-order valence-corrected chi connectivity index (χ3v) is 6.67. The third-order valence-electron chi connectivity index (χ3n) is 6.67. The molecule has 3 aromatic carbocycles. The highest BCUT2D eigenvalue weighted by atomic mass is 16.2. The van der Waals surface area contributed by atoms with Crippen molar-refractivity contribution in [3.8, 4) is 0 Å². The summed E-state index contributed by atoms with van der Waals surface area (Å²) in [5, 5.41) is 12.0. The van der Waals surface area contributed by atoms with E-state index in [2.05, 4.69) is 34.1 Å². The molecule has 0 bridgehead atoms. The molecule has 1 heterocycles. The van der Waals surface area contributed by atoms with Crippen LogP contribution in [0.5, 0.6) is 0 Å². The van der Waals surface area contributed by atoms with Gasteiger partial charge in [-0.3, -0.25) is 4.79 Å². The fourth-order valence-corrected chi connectivity index (χ4v) is 4.74. The Morgan fingerprint density at radius 1 is 0.943 bits per heavy atom. The van der Waals surface area contributed by atoms with Crippen LogP contribution in [-0.2, 0) is 6.42 Å². The van der Waals surface area contributed by atoms with Crippen LogP contribution in [0.1, 0.15) is 48.2 Å². The van der Waals surface area contributed by atoms with E-state index in [4.69, 9.17) is 0 Å². The van der Waals surface area contributed by atoms with E-state index in [0.717, 1.165) is 60.9 Å². The van der Waals surface area contributed by atoms with E-state index in [1.54, 1.807) is 0 Å². The minimum atomic E-state index is -0.0870. The predicted octanol–water partition coefficient (Wildman–Crippen LogP) is 5.12. The molecule has 3 aromatic rings. The summed E-state index contributed by atoms with van der Waals surface area (Å²) in [6.45, 7) is 8.37. The number of benzene rings is 3. The SMILES string of the molecule is Cc1ccccc1C(=O)Nc1ccc(CCNC2CCN(C(=O)NC(C)C)CC2)c2ccccc12. The first-order chi connectivity index (χ1) is 16.9. The van der Waals surface area contributed by atoms with Crippen LogP contribution in [0, 0.1) is 6.92 Å². The lowest BCUT2D eigenvalue weighted by Gasteiger charge is -2.33. The Labute approximate surface area is 208 Å². The van der Waals surface area contributed by atoms with Gasteiger partial charge in [-0.05, 0) is 75.2 Å². The molecule has 0 spiro atoms. The summed E-state index contributed by atoms with van der Waals surface area (Å²) in [7, 11) is 0. The number of nitrogens with one attached hydrogen (secondary N) is 3. The largest absolute Gasteiger partial charge is 0.336 e. The van der Waals surface area contributed by atoms with E-state index in [9.17, 15) is 9.59 Å². The molecule has 0 aliphatic carbocycles. The Morgan fingerprint density at radius 3 is 2.34 bits per heavy atom. The van der Waals surface area contributed by atoms with Gasteiger partial charge in [0.25, 0.3) is 5.91 Å². The fraction of sp³-hybridized carbons (Fsp3) is 0.379. The van der Waals surface area contributed by atoms with Crippen molar-refractivity contribution < 1.29 is 9.59 Å². The average Bonchev–Trinajstić information content (AvgIpc) is 2.85. The molecule has 3 amide bonds. The first-order valence-electron chi connectivity index (χ1n) is 12.6. The summed E-state index contributed by atoms with van der Waals surface area (Å²) in [5.74, 6) is -0.0870. The number of piperidine rings is 1. The van der Waals surface area contributed by atoms with Crippen LogP contribution in [0.2, 0.25) is 0 Å². The average molecular weight is 473 g/mol. The van der Waals surface area contributed by atoms with E-state index in [1.807, 2.05) is 68.1 Å². The maximum Gasteiger partial charge on any atom is 0.317 e. The summed E-state index contributed by atoms with van der Waals surface area (Å²) >= 11 is 0. The van der Waals surface area contributed by atoms with Gasteiger partial charge in [-0.25, -0.2) is 4.79 Å². The van der Waals surface area contributed by atoms with Crippen molar-refractivity contribution in [1.29, 1.82) is 0 Å². The lowest BCUT2D eigenvalue weighted by molar-refractivity contribution is 0.102. The Morgan fingerprint density at radius 2 is 1.63 bits per heavy atom. The molecule has 4 rings (SSSR count). The summed E-state index contributed by atoms with van der Waals surface area (Å²) in [6, 6.07) is 20.7. The zero-order chi connectivity index (χ0) is 24.8. The molecule has 1 aliphatic heterocycles. The van der Waals surface area contributed by atoms with Gasteiger partial charge in [0, 0.05) is 41.8 Å². The van der Waals surface area contributed by atoms with Gasteiger partial charge in [0.2, 0.25) is 0 Å². The number of urea groups is 1. The van der Waals surface area contributed by atoms with Crippen LogP contribution in [-0.4, -0.2) is 48.6 Å². The zero-order valence-corrected chi connectivity index (χ0v) is 20.9.